The van der Waals surface area contributed by atoms with Crippen LogP contribution in [0.25, 0.3) is 0 Å². The van der Waals surface area contributed by atoms with Gasteiger partial charge < -0.3 is 10.5 Å². The molecule has 0 aliphatic rings. The van der Waals surface area contributed by atoms with E-state index >= 15 is 0 Å². The standard InChI is InChI=1S/C13H17N3O3S/c1-3-16-8-10(7-15-16)9-20(17,18)13-6-11(19-2)4-5-12(13)14/h4-8H,3,9,14H2,1-2H3. The van der Waals surface area contributed by atoms with Crippen molar-refractivity contribution in [2.45, 2.75) is 24.1 Å². The highest BCUT2D eigenvalue weighted by atomic mass is 32.2. The van der Waals surface area contributed by atoms with Gasteiger partial charge >= 0.3 is 0 Å². The van der Waals surface area contributed by atoms with Crippen LogP contribution in [0.4, 0.5) is 5.69 Å². The predicted molar refractivity (Wildman–Crippen MR) is 76.2 cm³/mol. The molecule has 1 aromatic heterocycles. The van der Waals surface area contributed by atoms with Crippen molar-refractivity contribution in [3.63, 3.8) is 0 Å². The maximum atomic E-state index is 12.4. The summed E-state index contributed by atoms with van der Waals surface area (Å²) in [5.41, 5.74) is 6.61. The molecule has 0 aliphatic heterocycles. The Morgan fingerprint density at radius 2 is 2.15 bits per heavy atom. The molecule has 1 aromatic carbocycles. The van der Waals surface area contributed by atoms with Gasteiger partial charge in [0.05, 0.1) is 29.6 Å². The zero-order chi connectivity index (χ0) is 14.8. The first-order valence-corrected chi connectivity index (χ1v) is 7.79. The summed E-state index contributed by atoms with van der Waals surface area (Å²) in [5, 5.41) is 4.06. The molecule has 7 heteroatoms. The van der Waals surface area contributed by atoms with Crippen LogP contribution < -0.4 is 10.5 Å². The zero-order valence-electron chi connectivity index (χ0n) is 11.4. The van der Waals surface area contributed by atoms with E-state index in [2.05, 4.69) is 5.10 Å². The van der Waals surface area contributed by atoms with E-state index in [1.54, 1.807) is 23.1 Å². The van der Waals surface area contributed by atoms with E-state index in [0.717, 1.165) is 0 Å². The van der Waals surface area contributed by atoms with Gasteiger partial charge in [-0.15, -0.1) is 0 Å². The van der Waals surface area contributed by atoms with E-state index in [-0.39, 0.29) is 16.3 Å². The third-order valence-electron chi connectivity index (χ3n) is 2.92. The van der Waals surface area contributed by atoms with Crippen molar-refractivity contribution in [3.8, 4) is 5.75 Å². The Labute approximate surface area is 118 Å². The molecule has 0 bridgehead atoms. The predicted octanol–water partition coefficient (Wildman–Crippen LogP) is 1.47. The Morgan fingerprint density at radius 1 is 1.40 bits per heavy atom. The number of hydrogen-bond donors (Lipinski definition) is 1. The Kier molecular flexibility index (Phi) is 3.99. The minimum atomic E-state index is -3.53. The van der Waals surface area contributed by atoms with E-state index in [1.807, 2.05) is 6.92 Å². The average molecular weight is 295 g/mol. The number of aromatic nitrogens is 2. The third-order valence-corrected chi connectivity index (χ3v) is 4.66. The van der Waals surface area contributed by atoms with E-state index in [1.165, 1.54) is 19.2 Å². The second-order valence-electron chi connectivity index (χ2n) is 4.37. The molecule has 0 saturated heterocycles. The van der Waals surface area contributed by atoms with Crippen LogP contribution in [0.3, 0.4) is 0 Å². The molecule has 6 nitrogen and oxygen atoms in total. The molecule has 2 aromatic rings. The van der Waals surface area contributed by atoms with Crippen LogP contribution >= 0.6 is 0 Å². The lowest BCUT2D eigenvalue weighted by Gasteiger charge is -2.08. The molecule has 0 spiro atoms. The summed E-state index contributed by atoms with van der Waals surface area (Å²) in [7, 11) is -2.05. The van der Waals surface area contributed by atoms with Crippen LogP contribution in [0.2, 0.25) is 0 Å². The first-order chi connectivity index (χ1) is 9.46. The number of anilines is 1. The summed E-state index contributed by atoms with van der Waals surface area (Å²) >= 11 is 0. The van der Waals surface area contributed by atoms with Gasteiger partial charge in [-0.3, -0.25) is 4.68 Å². The summed E-state index contributed by atoms with van der Waals surface area (Å²) in [4.78, 5) is 0.0844. The van der Waals surface area contributed by atoms with Crippen molar-refractivity contribution < 1.29 is 13.2 Å². The van der Waals surface area contributed by atoms with Gasteiger partial charge in [0.15, 0.2) is 9.84 Å². The maximum Gasteiger partial charge on any atom is 0.184 e. The molecule has 20 heavy (non-hydrogen) atoms. The minimum Gasteiger partial charge on any atom is -0.497 e. The minimum absolute atomic E-state index is 0.0844. The van der Waals surface area contributed by atoms with Gasteiger partial charge in [0.1, 0.15) is 5.75 Å². The average Bonchev–Trinajstić information content (AvgIpc) is 2.86. The van der Waals surface area contributed by atoms with Crippen molar-refractivity contribution >= 4 is 15.5 Å². The molecule has 108 valence electrons. The molecule has 0 unspecified atom stereocenters. The Balaban J connectivity index is 2.34. The summed E-state index contributed by atoms with van der Waals surface area (Å²) in [5.74, 6) is 0.326. The van der Waals surface area contributed by atoms with Crippen molar-refractivity contribution in [2.24, 2.45) is 0 Å². The van der Waals surface area contributed by atoms with Crippen LogP contribution in [-0.4, -0.2) is 25.3 Å². The van der Waals surface area contributed by atoms with Gasteiger partial charge in [0.2, 0.25) is 0 Å². The molecular weight excluding hydrogens is 278 g/mol. The molecule has 1 heterocycles. The monoisotopic (exact) mass is 295 g/mol. The second kappa shape index (κ2) is 5.54. The lowest BCUT2D eigenvalue weighted by Crippen LogP contribution is -2.08. The van der Waals surface area contributed by atoms with E-state index < -0.39 is 9.84 Å². The molecule has 0 saturated carbocycles. The highest BCUT2D eigenvalue weighted by Crippen LogP contribution is 2.26. The summed E-state index contributed by atoms with van der Waals surface area (Å²) in [6.45, 7) is 2.63. The number of ether oxygens (including phenoxy) is 1. The van der Waals surface area contributed by atoms with Crippen LogP contribution in [0.1, 0.15) is 12.5 Å². The van der Waals surface area contributed by atoms with Gasteiger partial charge in [-0.25, -0.2) is 8.42 Å². The van der Waals surface area contributed by atoms with E-state index in [0.29, 0.717) is 17.9 Å². The number of nitrogens with zero attached hydrogens (tertiary/aromatic N) is 2. The van der Waals surface area contributed by atoms with Gasteiger partial charge in [-0.05, 0) is 19.1 Å². The van der Waals surface area contributed by atoms with E-state index in [4.69, 9.17) is 10.5 Å². The number of rotatable bonds is 5. The number of aryl methyl sites for hydroxylation is 1. The first kappa shape index (κ1) is 14.4. The van der Waals surface area contributed by atoms with Crippen molar-refractivity contribution in [2.75, 3.05) is 12.8 Å². The Hall–Kier alpha value is -2.02. The number of hydrogen-bond acceptors (Lipinski definition) is 5. The fourth-order valence-electron chi connectivity index (χ4n) is 1.86. The molecule has 2 rings (SSSR count). The van der Waals surface area contributed by atoms with Gasteiger partial charge in [0.25, 0.3) is 0 Å². The zero-order valence-corrected chi connectivity index (χ0v) is 12.2. The molecule has 2 N–H and O–H groups in total. The quantitative estimate of drug-likeness (QED) is 0.844. The third kappa shape index (κ3) is 2.93. The smallest absolute Gasteiger partial charge is 0.184 e. The topological polar surface area (TPSA) is 87.2 Å². The number of methoxy groups -OCH3 is 1. The maximum absolute atomic E-state index is 12.4. The molecule has 0 fully saturated rings. The van der Waals surface area contributed by atoms with Crippen molar-refractivity contribution in [1.82, 2.24) is 9.78 Å². The van der Waals surface area contributed by atoms with E-state index in [9.17, 15) is 8.42 Å². The fourth-order valence-corrected chi connectivity index (χ4v) is 3.33. The summed E-state index contributed by atoms with van der Waals surface area (Å²) < 4.78 is 31.6. The Bertz CT molecular complexity index is 707. The van der Waals surface area contributed by atoms with Crippen LogP contribution in [-0.2, 0) is 22.1 Å². The Morgan fingerprint density at radius 3 is 2.75 bits per heavy atom. The molecular formula is C13H17N3O3S. The lowest BCUT2D eigenvalue weighted by molar-refractivity contribution is 0.413. The van der Waals surface area contributed by atoms with Gasteiger partial charge in [-0.2, -0.15) is 5.10 Å². The van der Waals surface area contributed by atoms with Crippen LogP contribution in [0, 0.1) is 0 Å². The highest BCUT2D eigenvalue weighted by molar-refractivity contribution is 7.90. The first-order valence-electron chi connectivity index (χ1n) is 6.14. The van der Waals surface area contributed by atoms with Gasteiger partial charge in [-0.1, -0.05) is 0 Å². The van der Waals surface area contributed by atoms with Gasteiger partial charge in [0, 0.05) is 24.4 Å². The summed E-state index contributed by atoms with van der Waals surface area (Å²) in [6.07, 6.45) is 3.27. The lowest BCUT2D eigenvalue weighted by atomic mass is 10.3. The SMILES string of the molecule is CCn1cc(CS(=O)(=O)c2cc(OC)ccc2N)cn1. The second-order valence-corrected chi connectivity index (χ2v) is 6.33. The number of benzene rings is 1. The fraction of sp³-hybridized carbons (Fsp3) is 0.308. The number of sulfone groups is 1. The summed E-state index contributed by atoms with van der Waals surface area (Å²) in [6, 6.07) is 4.60. The normalized spacial score (nSPS) is 11.5. The largest absolute Gasteiger partial charge is 0.497 e. The van der Waals surface area contributed by atoms with Crippen LogP contribution in [0.15, 0.2) is 35.5 Å². The number of nitrogens with two attached hydrogens (primary N) is 1. The van der Waals surface area contributed by atoms with Crippen LogP contribution in [0.5, 0.6) is 5.75 Å². The molecule has 0 aliphatic carbocycles. The molecule has 0 radical (unpaired) electrons. The molecule has 0 atom stereocenters. The number of nitrogen functional groups attached to an aromatic ring is 1. The van der Waals surface area contributed by atoms with Crippen molar-refractivity contribution in [3.05, 3.63) is 36.2 Å². The van der Waals surface area contributed by atoms with Crippen molar-refractivity contribution in [1.29, 1.82) is 0 Å². The molecule has 0 amide bonds. The highest BCUT2D eigenvalue weighted by Gasteiger charge is 2.20.